The summed E-state index contributed by atoms with van der Waals surface area (Å²) >= 11 is 0. The van der Waals surface area contributed by atoms with E-state index in [-0.39, 0.29) is 6.61 Å². The molecule has 0 saturated carbocycles. The number of carbonyl (C=O) groups excluding carboxylic acids is 1. The third-order valence-electron chi connectivity index (χ3n) is 2.91. The topological polar surface area (TPSA) is 38.3 Å². The monoisotopic (exact) mass is 309 g/mol. The summed E-state index contributed by atoms with van der Waals surface area (Å²) < 4.78 is 42.5. The molecule has 0 aliphatic carbocycles. The number of para-hydroxylation sites is 1. The number of hydrogen-bond acceptors (Lipinski definition) is 3. The Kier molecular flexibility index (Phi) is 4.70. The second-order valence-corrected chi connectivity index (χ2v) is 4.47. The highest BCUT2D eigenvalue weighted by molar-refractivity contribution is 5.96. The molecule has 0 unspecified atom stereocenters. The van der Waals surface area contributed by atoms with Gasteiger partial charge in [0.25, 0.3) is 0 Å². The lowest BCUT2D eigenvalue weighted by Gasteiger charge is -2.12. The number of alkyl halides is 3. The van der Waals surface area contributed by atoms with Gasteiger partial charge in [-0.1, -0.05) is 12.1 Å². The van der Waals surface area contributed by atoms with E-state index in [1.807, 2.05) is 0 Å². The van der Waals surface area contributed by atoms with Gasteiger partial charge in [0.2, 0.25) is 0 Å². The number of nitrogens with one attached hydrogen (secondary N) is 1. The van der Waals surface area contributed by atoms with Crippen molar-refractivity contribution in [2.75, 3.05) is 11.9 Å². The van der Waals surface area contributed by atoms with Crippen LogP contribution in [-0.2, 0) is 10.9 Å². The Labute approximate surface area is 125 Å². The molecule has 2 aromatic carbocycles. The number of ether oxygens (including phenoxy) is 1. The van der Waals surface area contributed by atoms with E-state index < -0.39 is 17.7 Å². The average Bonchev–Trinajstić information content (AvgIpc) is 2.47. The van der Waals surface area contributed by atoms with Crippen LogP contribution in [-0.4, -0.2) is 12.6 Å². The van der Waals surface area contributed by atoms with Crippen LogP contribution in [0.2, 0.25) is 0 Å². The molecule has 0 radical (unpaired) electrons. The molecule has 3 nitrogen and oxygen atoms in total. The maximum atomic E-state index is 12.5. The molecular formula is C16H14F3NO2. The van der Waals surface area contributed by atoms with Crippen LogP contribution in [0.3, 0.4) is 0 Å². The summed E-state index contributed by atoms with van der Waals surface area (Å²) in [5.74, 6) is -0.488. The molecule has 0 spiro atoms. The Morgan fingerprint density at radius 2 is 1.73 bits per heavy atom. The molecule has 0 aromatic heterocycles. The van der Waals surface area contributed by atoms with Crippen LogP contribution in [0.4, 0.5) is 24.5 Å². The quantitative estimate of drug-likeness (QED) is 0.837. The number of hydrogen-bond donors (Lipinski definition) is 1. The van der Waals surface area contributed by atoms with Gasteiger partial charge in [0, 0.05) is 5.69 Å². The zero-order valence-corrected chi connectivity index (χ0v) is 11.8. The van der Waals surface area contributed by atoms with E-state index in [1.54, 1.807) is 31.2 Å². The lowest BCUT2D eigenvalue weighted by Crippen LogP contribution is -2.08. The molecule has 0 heterocycles. The van der Waals surface area contributed by atoms with E-state index in [0.29, 0.717) is 16.9 Å². The first-order valence-electron chi connectivity index (χ1n) is 6.62. The van der Waals surface area contributed by atoms with Crippen molar-refractivity contribution >= 4 is 17.3 Å². The van der Waals surface area contributed by atoms with Gasteiger partial charge >= 0.3 is 12.1 Å². The molecular weight excluding hydrogens is 295 g/mol. The fourth-order valence-corrected chi connectivity index (χ4v) is 1.88. The number of rotatable bonds is 4. The van der Waals surface area contributed by atoms with Gasteiger partial charge in [-0.2, -0.15) is 13.2 Å². The predicted octanol–water partition coefficient (Wildman–Crippen LogP) is 4.63. The Bertz CT molecular complexity index is 651. The molecule has 116 valence electrons. The van der Waals surface area contributed by atoms with Gasteiger partial charge in [-0.3, -0.25) is 0 Å². The molecule has 2 aromatic rings. The summed E-state index contributed by atoms with van der Waals surface area (Å²) in [6.07, 6.45) is -4.37. The Balaban J connectivity index is 2.22. The Morgan fingerprint density at radius 1 is 1.09 bits per heavy atom. The highest BCUT2D eigenvalue weighted by atomic mass is 19.4. The number of carbonyl (C=O) groups is 1. The highest BCUT2D eigenvalue weighted by Crippen LogP contribution is 2.30. The molecule has 2 rings (SSSR count). The van der Waals surface area contributed by atoms with Crippen LogP contribution in [0, 0.1) is 0 Å². The van der Waals surface area contributed by atoms with E-state index in [1.165, 1.54) is 12.1 Å². The Morgan fingerprint density at radius 3 is 2.32 bits per heavy atom. The van der Waals surface area contributed by atoms with Gasteiger partial charge in [-0.15, -0.1) is 0 Å². The molecule has 0 atom stereocenters. The van der Waals surface area contributed by atoms with E-state index in [4.69, 9.17) is 4.74 Å². The fraction of sp³-hybridized carbons (Fsp3) is 0.188. The maximum absolute atomic E-state index is 12.5. The van der Waals surface area contributed by atoms with Crippen molar-refractivity contribution in [2.24, 2.45) is 0 Å². The lowest BCUT2D eigenvalue weighted by atomic mass is 10.1. The largest absolute Gasteiger partial charge is 0.462 e. The number of anilines is 2. The van der Waals surface area contributed by atoms with Crippen molar-refractivity contribution in [3.63, 3.8) is 0 Å². The van der Waals surface area contributed by atoms with Crippen molar-refractivity contribution in [1.82, 2.24) is 0 Å². The van der Waals surface area contributed by atoms with Gasteiger partial charge in [0.1, 0.15) is 0 Å². The molecule has 6 heteroatoms. The minimum absolute atomic E-state index is 0.243. The van der Waals surface area contributed by atoms with Crippen LogP contribution < -0.4 is 5.32 Å². The number of benzene rings is 2. The minimum atomic E-state index is -4.37. The zero-order chi connectivity index (χ0) is 16.2. The normalized spacial score (nSPS) is 11.1. The van der Waals surface area contributed by atoms with E-state index >= 15 is 0 Å². The van der Waals surface area contributed by atoms with Crippen molar-refractivity contribution in [3.05, 3.63) is 59.7 Å². The lowest BCUT2D eigenvalue weighted by molar-refractivity contribution is -0.137. The van der Waals surface area contributed by atoms with E-state index in [2.05, 4.69) is 5.32 Å². The molecule has 0 aliphatic heterocycles. The summed E-state index contributed by atoms with van der Waals surface area (Å²) in [4.78, 5) is 11.8. The molecule has 0 aliphatic rings. The standard InChI is InChI=1S/C16H14F3NO2/c1-2-22-15(21)13-5-3-4-6-14(13)20-12-9-7-11(8-10-12)16(17,18)19/h3-10,20H,2H2,1H3. The summed E-state index contributed by atoms with van der Waals surface area (Å²) in [7, 11) is 0. The van der Waals surface area contributed by atoms with Gasteiger partial charge in [-0.25, -0.2) is 4.79 Å². The summed E-state index contributed by atoms with van der Waals surface area (Å²) in [6.45, 7) is 1.94. The molecule has 0 fully saturated rings. The summed E-state index contributed by atoms with van der Waals surface area (Å²) in [5.41, 5.74) is 0.520. The van der Waals surface area contributed by atoms with Gasteiger partial charge in [-0.05, 0) is 43.3 Å². The van der Waals surface area contributed by atoms with Crippen molar-refractivity contribution < 1.29 is 22.7 Å². The van der Waals surface area contributed by atoms with E-state index in [0.717, 1.165) is 12.1 Å². The summed E-state index contributed by atoms with van der Waals surface area (Å²) in [6, 6.07) is 11.2. The zero-order valence-electron chi connectivity index (χ0n) is 11.8. The second kappa shape index (κ2) is 6.51. The molecule has 22 heavy (non-hydrogen) atoms. The van der Waals surface area contributed by atoms with Gasteiger partial charge < -0.3 is 10.1 Å². The number of esters is 1. The first kappa shape index (κ1) is 15.9. The first-order valence-corrected chi connectivity index (χ1v) is 6.62. The van der Waals surface area contributed by atoms with Crippen LogP contribution >= 0.6 is 0 Å². The van der Waals surface area contributed by atoms with Gasteiger partial charge in [0.15, 0.2) is 0 Å². The van der Waals surface area contributed by atoms with Crippen molar-refractivity contribution in [1.29, 1.82) is 0 Å². The third-order valence-corrected chi connectivity index (χ3v) is 2.91. The SMILES string of the molecule is CCOC(=O)c1ccccc1Nc1ccc(C(F)(F)F)cc1. The highest BCUT2D eigenvalue weighted by Gasteiger charge is 2.29. The third kappa shape index (κ3) is 3.78. The first-order chi connectivity index (χ1) is 10.4. The molecule has 1 N–H and O–H groups in total. The minimum Gasteiger partial charge on any atom is -0.462 e. The fourth-order valence-electron chi connectivity index (χ4n) is 1.88. The van der Waals surface area contributed by atoms with Crippen molar-refractivity contribution in [2.45, 2.75) is 13.1 Å². The average molecular weight is 309 g/mol. The van der Waals surface area contributed by atoms with Crippen LogP contribution in [0.1, 0.15) is 22.8 Å². The van der Waals surface area contributed by atoms with Crippen LogP contribution in [0.15, 0.2) is 48.5 Å². The summed E-state index contributed by atoms with van der Waals surface area (Å²) in [5, 5.41) is 2.92. The van der Waals surface area contributed by atoms with Crippen LogP contribution in [0.5, 0.6) is 0 Å². The molecule has 0 saturated heterocycles. The second-order valence-electron chi connectivity index (χ2n) is 4.47. The molecule has 0 amide bonds. The number of halogens is 3. The van der Waals surface area contributed by atoms with Crippen LogP contribution in [0.25, 0.3) is 0 Å². The molecule has 0 bridgehead atoms. The van der Waals surface area contributed by atoms with E-state index in [9.17, 15) is 18.0 Å². The predicted molar refractivity (Wildman–Crippen MR) is 77.1 cm³/mol. The van der Waals surface area contributed by atoms with Crippen molar-refractivity contribution in [3.8, 4) is 0 Å². The van der Waals surface area contributed by atoms with Gasteiger partial charge in [0.05, 0.1) is 23.4 Å². The maximum Gasteiger partial charge on any atom is 0.416 e. The smallest absolute Gasteiger partial charge is 0.416 e. The Hall–Kier alpha value is -2.50.